The summed E-state index contributed by atoms with van der Waals surface area (Å²) in [4.78, 5) is 14.8. The molecule has 0 saturated carbocycles. The summed E-state index contributed by atoms with van der Waals surface area (Å²) in [7, 11) is 0. The molecule has 1 atom stereocenters. The van der Waals surface area contributed by atoms with Crippen molar-refractivity contribution in [2.24, 2.45) is 11.3 Å². The van der Waals surface area contributed by atoms with Crippen molar-refractivity contribution in [3.05, 3.63) is 35.9 Å². The van der Waals surface area contributed by atoms with Crippen LogP contribution in [0.15, 0.2) is 30.3 Å². The highest BCUT2D eigenvalue weighted by molar-refractivity contribution is 5.79. The smallest absolute Gasteiger partial charge is 0.225 e. The molecule has 136 valence electrons. The quantitative estimate of drug-likeness (QED) is 0.847. The van der Waals surface area contributed by atoms with Gasteiger partial charge in [0, 0.05) is 32.2 Å². The van der Waals surface area contributed by atoms with E-state index in [1.807, 2.05) is 0 Å². The van der Waals surface area contributed by atoms with Crippen LogP contribution in [0.3, 0.4) is 0 Å². The molecule has 0 aromatic heterocycles. The molecule has 3 aliphatic rings. The van der Waals surface area contributed by atoms with Gasteiger partial charge in [-0.25, -0.2) is 0 Å². The third kappa shape index (κ3) is 3.90. The summed E-state index contributed by atoms with van der Waals surface area (Å²) in [6, 6.07) is 10.6. The van der Waals surface area contributed by atoms with Gasteiger partial charge in [-0.05, 0) is 49.5 Å². The van der Waals surface area contributed by atoms with E-state index >= 15 is 0 Å². The van der Waals surface area contributed by atoms with Crippen LogP contribution in [0.4, 0.5) is 0 Å². The average Bonchev–Trinajstić information content (AvgIpc) is 3.05. The predicted octanol–water partition coefficient (Wildman–Crippen LogP) is 3.05. The number of hydrogen-bond acceptors (Lipinski definition) is 3. The Bertz CT molecular complexity index is 574. The molecule has 25 heavy (non-hydrogen) atoms. The molecule has 0 radical (unpaired) electrons. The van der Waals surface area contributed by atoms with Crippen molar-refractivity contribution in [1.82, 2.24) is 4.90 Å². The van der Waals surface area contributed by atoms with E-state index in [9.17, 15) is 4.79 Å². The first kappa shape index (κ1) is 17.0. The van der Waals surface area contributed by atoms with Crippen LogP contribution in [0.25, 0.3) is 0 Å². The summed E-state index contributed by atoms with van der Waals surface area (Å²) in [6.07, 6.45) is 6.45. The maximum Gasteiger partial charge on any atom is 0.225 e. The van der Waals surface area contributed by atoms with Gasteiger partial charge in [-0.2, -0.15) is 0 Å². The van der Waals surface area contributed by atoms with E-state index in [1.165, 1.54) is 5.56 Å². The number of amides is 1. The predicted molar refractivity (Wildman–Crippen MR) is 96.3 cm³/mol. The molecule has 0 aliphatic carbocycles. The summed E-state index contributed by atoms with van der Waals surface area (Å²) >= 11 is 0. The third-order valence-corrected chi connectivity index (χ3v) is 6.30. The molecule has 3 saturated heterocycles. The third-order valence-electron chi connectivity index (χ3n) is 6.30. The molecular weight excluding hydrogens is 314 g/mol. The van der Waals surface area contributed by atoms with Gasteiger partial charge in [0.25, 0.3) is 0 Å². The second-order valence-corrected chi connectivity index (χ2v) is 8.04. The van der Waals surface area contributed by atoms with Gasteiger partial charge in [0.05, 0.1) is 12.7 Å². The average molecular weight is 343 g/mol. The molecule has 3 aliphatic heterocycles. The van der Waals surface area contributed by atoms with E-state index in [-0.39, 0.29) is 5.92 Å². The first-order chi connectivity index (χ1) is 12.2. The van der Waals surface area contributed by atoms with Gasteiger partial charge in [-0.3, -0.25) is 4.79 Å². The maximum absolute atomic E-state index is 12.7. The van der Waals surface area contributed by atoms with Crippen molar-refractivity contribution in [3.8, 4) is 0 Å². The normalized spacial score (nSPS) is 26.9. The van der Waals surface area contributed by atoms with E-state index < -0.39 is 0 Å². The van der Waals surface area contributed by atoms with Crippen molar-refractivity contribution >= 4 is 5.91 Å². The van der Waals surface area contributed by atoms with Gasteiger partial charge in [-0.1, -0.05) is 30.3 Å². The second kappa shape index (κ2) is 7.46. The number of carbonyl (C=O) groups is 1. The van der Waals surface area contributed by atoms with E-state index in [1.54, 1.807) is 0 Å². The maximum atomic E-state index is 12.7. The number of nitrogens with zero attached hydrogens (tertiary/aromatic N) is 1. The van der Waals surface area contributed by atoms with E-state index in [0.29, 0.717) is 17.4 Å². The molecule has 1 aromatic carbocycles. The zero-order valence-corrected chi connectivity index (χ0v) is 15.0. The van der Waals surface area contributed by atoms with Gasteiger partial charge in [0.1, 0.15) is 0 Å². The molecule has 3 heterocycles. The Kier molecular flexibility index (Phi) is 5.09. The van der Waals surface area contributed by atoms with Crippen molar-refractivity contribution in [3.63, 3.8) is 0 Å². The number of ether oxygens (including phenoxy) is 2. The van der Waals surface area contributed by atoms with Crippen molar-refractivity contribution < 1.29 is 14.3 Å². The molecule has 1 aromatic rings. The van der Waals surface area contributed by atoms with Crippen LogP contribution in [0, 0.1) is 11.3 Å². The summed E-state index contributed by atoms with van der Waals surface area (Å²) < 4.78 is 11.5. The van der Waals surface area contributed by atoms with E-state index in [2.05, 4.69) is 35.2 Å². The first-order valence-corrected chi connectivity index (χ1v) is 9.76. The van der Waals surface area contributed by atoms with E-state index in [4.69, 9.17) is 9.47 Å². The highest BCUT2D eigenvalue weighted by Gasteiger charge is 2.43. The lowest BCUT2D eigenvalue weighted by atomic mass is 9.76. The number of likely N-dealkylation sites (tertiary alicyclic amines) is 1. The Morgan fingerprint density at radius 1 is 1.12 bits per heavy atom. The highest BCUT2D eigenvalue weighted by Crippen LogP contribution is 2.43. The van der Waals surface area contributed by atoms with Crippen LogP contribution < -0.4 is 0 Å². The van der Waals surface area contributed by atoms with Crippen molar-refractivity contribution in [1.29, 1.82) is 0 Å². The van der Waals surface area contributed by atoms with E-state index in [0.717, 1.165) is 71.4 Å². The zero-order chi connectivity index (χ0) is 17.1. The van der Waals surface area contributed by atoms with Crippen LogP contribution >= 0.6 is 0 Å². The molecule has 4 heteroatoms. The molecule has 0 bridgehead atoms. The minimum atomic E-state index is 0.188. The fourth-order valence-electron chi connectivity index (χ4n) is 4.66. The molecule has 0 N–H and O–H groups in total. The second-order valence-electron chi connectivity index (χ2n) is 8.04. The SMILES string of the molecule is O=C(C1CCOCC1)N1CCC2(CC1)CO[C@H](Cc1ccccc1)C2. The van der Waals surface area contributed by atoms with Crippen LogP contribution in [0.1, 0.15) is 37.7 Å². The van der Waals surface area contributed by atoms with Crippen molar-refractivity contribution in [2.45, 2.75) is 44.6 Å². The van der Waals surface area contributed by atoms with Crippen molar-refractivity contribution in [2.75, 3.05) is 32.9 Å². The number of carbonyl (C=O) groups excluding carboxylic acids is 1. The number of piperidine rings is 1. The molecule has 4 nitrogen and oxygen atoms in total. The first-order valence-electron chi connectivity index (χ1n) is 9.76. The molecule has 0 unspecified atom stereocenters. The number of benzene rings is 1. The summed E-state index contributed by atoms with van der Waals surface area (Å²) in [6.45, 7) is 4.14. The Morgan fingerprint density at radius 2 is 1.84 bits per heavy atom. The van der Waals surface area contributed by atoms with Gasteiger partial charge >= 0.3 is 0 Å². The lowest BCUT2D eigenvalue weighted by Gasteiger charge is -2.40. The minimum Gasteiger partial charge on any atom is -0.381 e. The molecule has 4 rings (SSSR count). The summed E-state index contributed by atoms with van der Waals surface area (Å²) in [5.41, 5.74) is 1.66. The number of rotatable bonds is 3. The Morgan fingerprint density at radius 3 is 2.56 bits per heavy atom. The lowest BCUT2D eigenvalue weighted by Crippen LogP contribution is -2.46. The van der Waals surface area contributed by atoms with Gasteiger partial charge in [0.15, 0.2) is 0 Å². The van der Waals surface area contributed by atoms with Crippen LogP contribution in [-0.4, -0.2) is 49.8 Å². The Balaban J connectivity index is 1.29. The van der Waals surface area contributed by atoms with Gasteiger partial charge in [0.2, 0.25) is 5.91 Å². The Labute approximate surface area is 150 Å². The molecule has 1 amide bonds. The van der Waals surface area contributed by atoms with Crippen LogP contribution in [0.5, 0.6) is 0 Å². The fourth-order valence-corrected chi connectivity index (χ4v) is 4.66. The van der Waals surface area contributed by atoms with Crippen LogP contribution in [-0.2, 0) is 20.7 Å². The molecular formula is C21H29NO3. The highest BCUT2D eigenvalue weighted by atomic mass is 16.5. The number of hydrogen-bond donors (Lipinski definition) is 0. The minimum absolute atomic E-state index is 0.188. The topological polar surface area (TPSA) is 38.8 Å². The van der Waals surface area contributed by atoms with Crippen LogP contribution in [0.2, 0.25) is 0 Å². The molecule has 1 spiro atoms. The largest absolute Gasteiger partial charge is 0.381 e. The zero-order valence-electron chi connectivity index (χ0n) is 15.0. The fraction of sp³-hybridized carbons (Fsp3) is 0.667. The molecule has 3 fully saturated rings. The monoisotopic (exact) mass is 343 g/mol. The summed E-state index contributed by atoms with van der Waals surface area (Å²) in [5, 5.41) is 0. The standard InChI is InChI=1S/C21H29NO3/c23-20(18-6-12-24-13-7-18)22-10-8-21(9-11-22)15-19(25-16-21)14-17-4-2-1-3-5-17/h1-5,18-19H,6-16H2/t19-/m1/s1. The lowest BCUT2D eigenvalue weighted by molar-refractivity contribution is -0.140. The Hall–Kier alpha value is -1.39. The van der Waals surface area contributed by atoms with Gasteiger partial charge in [-0.15, -0.1) is 0 Å². The summed E-state index contributed by atoms with van der Waals surface area (Å²) in [5.74, 6) is 0.548. The van der Waals surface area contributed by atoms with Gasteiger partial charge < -0.3 is 14.4 Å².